The Hall–Kier alpha value is -2.28. The number of nitrogens with zero attached hydrogens (tertiary/aromatic N) is 2. The maximum atomic E-state index is 10.9. The highest BCUT2D eigenvalue weighted by molar-refractivity contribution is 5.45. The molecule has 1 aromatic carbocycles. The topological polar surface area (TPSA) is 93.7 Å². The molecule has 7 heteroatoms. The lowest BCUT2D eigenvalue weighted by atomic mass is 10.0. The van der Waals surface area contributed by atoms with Crippen molar-refractivity contribution in [3.63, 3.8) is 0 Å². The molecule has 1 atom stereocenters. The predicted octanol–water partition coefficient (Wildman–Crippen LogP) is 0.951. The van der Waals surface area contributed by atoms with Crippen molar-refractivity contribution in [3.8, 4) is 5.75 Å². The van der Waals surface area contributed by atoms with Crippen molar-refractivity contribution in [1.82, 2.24) is 10.2 Å². The normalized spacial score (nSPS) is 20.3. The molecule has 1 aromatic rings. The summed E-state index contributed by atoms with van der Waals surface area (Å²) >= 11 is 0. The van der Waals surface area contributed by atoms with E-state index < -0.39 is 0 Å². The minimum atomic E-state index is -0.374. The zero-order chi connectivity index (χ0) is 14.8. The van der Waals surface area contributed by atoms with E-state index in [4.69, 9.17) is 10.5 Å². The summed E-state index contributed by atoms with van der Waals surface area (Å²) < 4.78 is 5.76. The fraction of sp³-hybridized carbons (Fsp3) is 0.429. The fourth-order valence-electron chi connectivity index (χ4n) is 2.85. The Bertz CT molecular complexity index is 588. The molecule has 0 bridgehead atoms. The van der Waals surface area contributed by atoms with Gasteiger partial charge in [0.05, 0.1) is 17.6 Å². The third-order valence-corrected chi connectivity index (χ3v) is 3.88. The zero-order valence-electron chi connectivity index (χ0n) is 11.6. The summed E-state index contributed by atoms with van der Waals surface area (Å²) in [6, 6.07) is 4.95. The summed E-state index contributed by atoms with van der Waals surface area (Å²) in [6.07, 6.45) is 3.53. The number of nitrogens with two attached hydrogens (primary N) is 1. The van der Waals surface area contributed by atoms with Gasteiger partial charge in [-0.3, -0.25) is 10.1 Å². The second-order valence-corrected chi connectivity index (χ2v) is 5.22. The summed E-state index contributed by atoms with van der Waals surface area (Å²) in [5.74, 6) is 0.744. The zero-order valence-corrected chi connectivity index (χ0v) is 11.6. The van der Waals surface area contributed by atoms with Gasteiger partial charge in [0.15, 0.2) is 0 Å². The standard InChI is InChI=1S/C14H18N4O3/c15-4-3-12-7-16-9-17(12)13-6-10-5-11(18(19)20)1-2-14(10)21-8-13/h1-2,5,7,13,16H,3-4,6,8-9,15H2/t13-/m1/s1. The summed E-state index contributed by atoms with van der Waals surface area (Å²) in [5.41, 5.74) is 7.79. The molecule has 7 nitrogen and oxygen atoms in total. The van der Waals surface area contributed by atoms with Crippen LogP contribution in [0, 0.1) is 10.1 Å². The maximum Gasteiger partial charge on any atom is 0.269 e. The van der Waals surface area contributed by atoms with Crippen molar-refractivity contribution in [2.24, 2.45) is 5.73 Å². The molecule has 3 N–H and O–H groups in total. The molecule has 0 saturated heterocycles. The van der Waals surface area contributed by atoms with Gasteiger partial charge in [-0.1, -0.05) is 0 Å². The molecule has 0 amide bonds. The average molecular weight is 290 g/mol. The number of hydrogen-bond acceptors (Lipinski definition) is 6. The first-order valence-corrected chi connectivity index (χ1v) is 6.98. The number of nitro benzene ring substituents is 1. The second-order valence-electron chi connectivity index (χ2n) is 5.22. The van der Waals surface area contributed by atoms with Gasteiger partial charge in [0.1, 0.15) is 12.4 Å². The molecule has 2 heterocycles. The van der Waals surface area contributed by atoms with Crippen molar-refractivity contribution in [2.45, 2.75) is 18.9 Å². The number of benzene rings is 1. The van der Waals surface area contributed by atoms with Crippen LogP contribution in [0.5, 0.6) is 5.75 Å². The van der Waals surface area contributed by atoms with E-state index in [-0.39, 0.29) is 16.7 Å². The van der Waals surface area contributed by atoms with Crippen LogP contribution in [0.3, 0.4) is 0 Å². The number of nitro groups is 1. The Labute approximate surface area is 122 Å². The molecule has 0 spiro atoms. The van der Waals surface area contributed by atoms with E-state index in [0.29, 0.717) is 13.2 Å². The van der Waals surface area contributed by atoms with Gasteiger partial charge >= 0.3 is 0 Å². The van der Waals surface area contributed by atoms with Gasteiger partial charge in [0.2, 0.25) is 0 Å². The first kappa shape index (κ1) is 13.7. The predicted molar refractivity (Wildman–Crippen MR) is 77.7 cm³/mol. The molecule has 2 aliphatic heterocycles. The number of nitrogens with one attached hydrogen (secondary N) is 1. The number of ether oxygens (including phenoxy) is 1. The Kier molecular flexibility index (Phi) is 3.66. The molecule has 2 aliphatic rings. The third kappa shape index (κ3) is 2.64. The van der Waals surface area contributed by atoms with E-state index in [2.05, 4.69) is 10.2 Å². The van der Waals surface area contributed by atoms with Gasteiger partial charge in [-0.05, 0) is 12.6 Å². The van der Waals surface area contributed by atoms with Crippen LogP contribution in [-0.2, 0) is 6.42 Å². The smallest absolute Gasteiger partial charge is 0.269 e. The van der Waals surface area contributed by atoms with E-state index in [1.807, 2.05) is 6.20 Å². The van der Waals surface area contributed by atoms with Crippen LogP contribution in [-0.4, -0.2) is 35.7 Å². The molecule has 0 unspecified atom stereocenters. The van der Waals surface area contributed by atoms with Gasteiger partial charge in [0.25, 0.3) is 5.69 Å². The third-order valence-electron chi connectivity index (χ3n) is 3.88. The van der Waals surface area contributed by atoms with Crippen molar-refractivity contribution >= 4 is 5.69 Å². The number of non-ortho nitro benzene ring substituents is 1. The Morgan fingerprint density at radius 2 is 2.38 bits per heavy atom. The largest absolute Gasteiger partial charge is 0.491 e. The Morgan fingerprint density at radius 3 is 3.14 bits per heavy atom. The summed E-state index contributed by atoms with van der Waals surface area (Å²) in [4.78, 5) is 12.7. The fourth-order valence-corrected chi connectivity index (χ4v) is 2.85. The molecule has 0 fully saturated rings. The SMILES string of the molecule is NCCC1=CNCN1[C@H]1COc2ccc([N+](=O)[O-])cc2C1. The Morgan fingerprint density at radius 1 is 1.52 bits per heavy atom. The first-order chi connectivity index (χ1) is 10.2. The lowest BCUT2D eigenvalue weighted by molar-refractivity contribution is -0.385. The molecule has 112 valence electrons. The Balaban J connectivity index is 1.79. The molecule has 0 aliphatic carbocycles. The maximum absolute atomic E-state index is 10.9. The van der Waals surface area contributed by atoms with Crippen LogP contribution in [0.1, 0.15) is 12.0 Å². The molecular formula is C14H18N4O3. The molecule has 0 saturated carbocycles. The number of rotatable bonds is 4. The quantitative estimate of drug-likeness (QED) is 0.633. The highest BCUT2D eigenvalue weighted by Gasteiger charge is 2.29. The van der Waals surface area contributed by atoms with Crippen molar-refractivity contribution in [2.75, 3.05) is 19.8 Å². The number of fused-ring (bicyclic) bond motifs is 1. The van der Waals surface area contributed by atoms with Gasteiger partial charge in [-0.15, -0.1) is 0 Å². The lowest BCUT2D eigenvalue weighted by Crippen LogP contribution is -2.43. The summed E-state index contributed by atoms with van der Waals surface area (Å²) in [7, 11) is 0. The number of hydrogen-bond donors (Lipinski definition) is 2. The average Bonchev–Trinajstić information content (AvgIpc) is 2.94. The molecular weight excluding hydrogens is 272 g/mol. The van der Waals surface area contributed by atoms with Gasteiger partial charge < -0.3 is 20.7 Å². The monoisotopic (exact) mass is 290 g/mol. The van der Waals surface area contributed by atoms with Crippen LogP contribution in [0.2, 0.25) is 0 Å². The molecule has 21 heavy (non-hydrogen) atoms. The van der Waals surface area contributed by atoms with Gasteiger partial charge in [-0.2, -0.15) is 0 Å². The second kappa shape index (κ2) is 5.61. The van der Waals surface area contributed by atoms with E-state index in [0.717, 1.165) is 30.8 Å². The van der Waals surface area contributed by atoms with E-state index in [9.17, 15) is 10.1 Å². The highest BCUT2D eigenvalue weighted by Crippen LogP contribution is 2.31. The highest BCUT2D eigenvalue weighted by atomic mass is 16.6. The van der Waals surface area contributed by atoms with Crippen LogP contribution in [0.25, 0.3) is 0 Å². The summed E-state index contributed by atoms with van der Waals surface area (Å²) in [6.45, 7) is 1.90. The van der Waals surface area contributed by atoms with Crippen molar-refractivity contribution in [3.05, 3.63) is 45.8 Å². The van der Waals surface area contributed by atoms with E-state index >= 15 is 0 Å². The minimum Gasteiger partial charge on any atom is -0.491 e. The van der Waals surface area contributed by atoms with Crippen LogP contribution < -0.4 is 15.8 Å². The molecule has 3 rings (SSSR count). The van der Waals surface area contributed by atoms with Crippen LogP contribution >= 0.6 is 0 Å². The van der Waals surface area contributed by atoms with Crippen molar-refractivity contribution in [1.29, 1.82) is 0 Å². The lowest BCUT2D eigenvalue weighted by Gasteiger charge is -2.34. The molecule has 0 aromatic heterocycles. The van der Waals surface area contributed by atoms with E-state index in [1.54, 1.807) is 12.1 Å². The van der Waals surface area contributed by atoms with E-state index in [1.165, 1.54) is 11.8 Å². The van der Waals surface area contributed by atoms with Crippen molar-refractivity contribution < 1.29 is 9.66 Å². The minimum absolute atomic E-state index is 0.107. The summed E-state index contributed by atoms with van der Waals surface area (Å²) in [5, 5.41) is 14.1. The van der Waals surface area contributed by atoms with Gasteiger partial charge in [-0.25, -0.2) is 0 Å². The van der Waals surface area contributed by atoms with Crippen LogP contribution in [0.15, 0.2) is 30.1 Å². The first-order valence-electron chi connectivity index (χ1n) is 6.98. The molecule has 0 radical (unpaired) electrons. The van der Waals surface area contributed by atoms with Gasteiger partial charge in [0, 0.05) is 42.4 Å². The van der Waals surface area contributed by atoms with Crippen LogP contribution in [0.4, 0.5) is 5.69 Å².